The number of benzene rings is 1. The van der Waals surface area contributed by atoms with Crippen LogP contribution in [0, 0.1) is 13.8 Å². The van der Waals surface area contributed by atoms with Crippen molar-refractivity contribution >= 4 is 16.8 Å². The third-order valence-electron chi connectivity index (χ3n) is 4.60. The zero-order valence-corrected chi connectivity index (χ0v) is 14.1. The summed E-state index contributed by atoms with van der Waals surface area (Å²) in [6.45, 7) is 5.31. The molecule has 1 N–H and O–H groups in total. The molecule has 2 heterocycles. The van der Waals surface area contributed by atoms with Crippen molar-refractivity contribution < 1.29 is 9.18 Å². The van der Waals surface area contributed by atoms with Gasteiger partial charge >= 0.3 is 0 Å². The van der Waals surface area contributed by atoms with Crippen molar-refractivity contribution in [2.75, 3.05) is 0 Å². The molecule has 1 aromatic carbocycles. The number of ketones is 1. The number of rotatable bonds is 3. The van der Waals surface area contributed by atoms with Crippen LogP contribution in [0.1, 0.15) is 46.6 Å². The minimum atomic E-state index is -0.939. The summed E-state index contributed by atoms with van der Waals surface area (Å²) < 4.78 is 14.9. The van der Waals surface area contributed by atoms with E-state index >= 15 is 0 Å². The zero-order valence-electron chi connectivity index (χ0n) is 14.1. The van der Waals surface area contributed by atoms with E-state index in [-0.39, 0.29) is 17.3 Å². The number of halogens is 1. The molecule has 4 rings (SSSR count). The molecule has 2 atom stereocenters. The van der Waals surface area contributed by atoms with E-state index in [1.54, 1.807) is 23.0 Å². The smallest absolute Gasteiger partial charge is 0.262 e. The van der Waals surface area contributed by atoms with Gasteiger partial charge in [0.25, 0.3) is 5.56 Å². The molecule has 0 amide bonds. The largest absolute Gasteiger partial charge is 0.310 e. The number of carbonyl (C=O) groups excluding carboxylic acids is 1. The van der Waals surface area contributed by atoms with E-state index in [0.29, 0.717) is 28.8 Å². The third-order valence-corrected chi connectivity index (χ3v) is 4.60. The minimum Gasteiger partial charge on any atom is -0.310 e. The highest BCUT2D eigenvalue weighted by Gasteiger charge is 2.41. The zero-order chi connectivity index (χ0) is 17.9. The van der Waals surface area contributed by atoms with Gasteiger partial charge in [0.05, 0.1) is 11.6 Å². The van der Waals surface area contributed by atoms with E-state index in [4.69, 9.17) is 0 Å². The lowest BCUT2D eigenvalue weighted by atomic mass is 10.0. The van der Waals surface area contributed by atoms with Crippen LogP contribution >= 0.6 is 0 Å². The van der Waals surface area contributed by atoms with Crippen LogP contribution in [0.4, 0.5) is 4.39 Å². The van der Waals surface area contributed by atoms with Crippen molar-refractivity contribution in [3.05, 3.63) is 51.2 Å². The number of H-pyrrole nitrogens is 1. The fourth-order valence-corrected chi connectivity index (χ4v) is 3.19. The standard InChI is InChI=1S/C18H17FN4O2/c1-8-4-11(10(3)24)5-9(2)15(8)23-7-13-17(22-23)20-16(21-18(13)25)12-6-14(12)19/h4-5,7,12,14H,6H2,1-3H3,(H,20,21,22,25)/t12-,14-/m0/s1. The van der Waals surface area contributed by atoms with Crippen LogP contribution in [0.3, 0.4) is 0 Å². The first-order chi connectivity index (χ1) is 11.8. The molecule has 2 aromatic heterocycles. The van der Waals surface area contributed by atoms with E-state index < -0.39 is 6.17 Å². The molecule has 0 spiro atoms. The van der Waals surface area contributed by atoms with Crippen LogP contribution in [0.15, 0.2) is 23.1 Å². The van der Waals surface area contributed by atoms with Crippen LogP contribution in [0.25, 0.3) is 16.7 Å². The molecule has 0 bridgehead atoms. The molecule has 0 unspecified atom stereocenters. The molecule has 6 nitrogen and oxygen atoms in total. The van der Waals surface area contributed by atoms with Gasteiger partial charge in [-0.3, -0.25) is 9.59 Å². The fourth-order valence-electron chi connectivity index (χ4n) is 3.19. The number of hydrogen-bond donors (Lipinski definition) is 1. The molecule has 0 saturated heterocycles. The number of nitrogens with one attached hydrogen (secondary N) is 1. The number of carbonyl (C=O) groups is 1. The van der Waals surface area contributed by atoms with Gasteiger partial charge in [0.15, 0.2) is 11.4 Å². The Morgan fingerprint density at radius 2 is 1.96 bits per heavy atom. The van der Waals surface area contributed by atoms with Crippen molar-refractivity contribution in [2.24, 2.45) is 0 Å². The fraction of sp³-hybridized carbons (Fsp3) is 0.333. The summed E-state index contributed by atoms with van der Waals surface area (Å²) >= 11 is 0. The monoisotopic (exact) mass is 340 g/mol. The highest BCUT2D eigenvalue weighted by atomic mass is 19.1. The second-order valence-electron chi connectivity index (χ2n) is 6.64. The number of nitrogens with zero attached hydrogens (tertiary/aromatic N) is 3. The van der Waals surface area contributed by atoms with E-state index in [9.17, 15) is 14.0 Å². The lowest BCUT2D eigenvalue weighted by Crippen LogP contribution is -2.10. The first-order valence-electron chi connectivity index (χ1n) is 8.11. The van der Waals surface area contributed by atoms with Gasteiger partial charge in [-0.1, -0.05) is 0 Å². The predicted octanol–water partition coefficient (Wildman–Crippen LogP) is 2.75. The topological polar surface area (TPSA) is 80.6 Å². The van der Waals surface area contributed by atoms with Gasteiger partial charge in [-0.15, -0.1) is 5.10 Å². The molecule has 1 aliphatic rings. The van der Waals surface area contributed by atoms with Crippen LogP contribution < -0.4 is 5.56 Å². The molecule has 7 heteroatoms. The predicted molar refractivity (Wildman–Crippen MR) is 91.2 cm³/mol. The maximum absolute atomic E-state index is 13.3. The summed E-state index contributed by atoms with van der Waals surface area (Å²) in [5.41, 5.74) is 3.17. The molecule has 0 aliphatic heterocycles. The van der Waals surface area contributed by atoms with Crippen LogP contribution in [0.2, 0.25) is 0 Å². The van der Waals surface area contributed by atoms with Crippen molar-refractivity contribution in [1.29, 1.82) is 0 Å². The van der Waals surface area contributed by atoms with Crippen LogP contribution in [-0.2, 0) is 0 Å². The Morgan fingerprint density at radius 3 is 2.52 bits per heavy atom. The summed E-state index contributed by atoms with van der Waals surface area (Å²) in [6, 6.07) is 3.61. The maximum atomic E-state index is 13.3. The van der Waals surface area contributed by atoms with E-state index in [1.165, 1.54) is 6.92 Å². The maximum Gasteiger partial charge on any atom is 0.262 e. The normalized spacial score (nSPS) is 19.4. The van der Waals surface area contributed by atoms with Gasteiger partial charge in [0.2, 0.25) is 0 Å². The van der Waals surface area contributed by atoms with Crippen molar-refractivity contribution in [1.82, 2.24) is 19.7 Å². The van der Waals surface area contributed by atoms with Crippen molar-refractivity contribution in [3.8, 4) is 5.69 Å². The molecular formula is C18H17FN4O2. The van der Waals surface area contributed by atoms with Gasteiger partial charge in [-0.05, 0) is 50.5 Å². The van der Waals surface area contributed by atoms with Gasteiger partial charge in [-0.25, -0.2) is 14.1 Å². The molecule has 128 valence electrons. The number of aromatic amines is 1. The van der Waals surface area contributed by atoms with Gasteiger partial charge in [0.1, 0.15) is 17.4 Å². The van der Waals surface area contributed by atoms with Gasteiger partial charge in [-0.2, -0.15) is 0 Å². The van der Waals surface area contributed by atoms with E-state index in [1.807, 2.05) is 13.8 Å². The number of Topliss-reactive ketones (excluding diaryl/α,β-unsaturated/α-hetero) is 1. The summed E-state index contributed by atoms with van der Waals surface area (Å²) in [5, 5.41) is 4.77. The summed E-state index contributed by atoms with van der Waals surface area (Å²) in [6.07, 6.45) is 1.07. The highest BCUT2D eigenvalue weighted by molar-refractivity contribution is 5.94. The Kier molecular flexibility index (Phi) is 3.35. The average Bonchev–Trinajstić information content (AvgIpc) is 3.11. The number of hydrogen-bond acceptors (Lipinski definition) is 4. The van der Waals surface area contributed by atoms with Crippen LogP contribution in [-0.4, -0.2) is 31.7 Å². The van der Waals surface area contributed by atoms with Crippen LogP contribution in [0.5, 0.6) is 0 Å². The lowest BCUT2D eigenvalue weighted by Gasteiger charge is -2.11. The highest BCUT2D eigenvalue weighted by Crippen LogP contribution is 2.41. The Balaban J connectivity index is 1.87. The Bertz CT molecular complexity index is 1060. The summed E-state index contributed by atoms with van der Waals surface area (Å²) in [4.78, 5) is 30.9. The first kappa shape index (κ1) is 15.7. The molecule has 3 aromatic rings. The van der Waals surface area contributed by atoms with Gasteiger partial charge < -0.3 is 4.98 Å². The molecule has 1 saturated carbocycles. The Morgan fingerprint density at radius 1 is 1.32 bits per heavy atom. The molecule has 25 heavy (non-hydrogen) atoms. The quantitative estimate of drug-likeness (QED) is 0.744. The Hall–Kier alpha value is -2.83. The molecule has 1 fully saturated rings. The second-order valence-corrected chi connectivity index (χ2v) is 6.64. The number of aryl methyl sites for hydroxylation is 2. The summed E-state index contributed by atoms with van der Waals surface area (Å²) in [7, 11) is 0. The number of fused-ring (bicyclic) bond motifs is 1. The minimum absolute atomic E-state index is 0.00339. The third kappa shape index (κ3) is 2.56. The Labute approximate surface area is 142 Å². The van der Waals surface area contributed by atoms with Crippen molar-refractivity contribution in [3.63, 3.8) is 0 Å². The lowest BCUT2D eigenvalue weighted by molar-refractivity contribution is 0.101. The molecular weight excluding hydrogens is 323 g/mol. The SMILES string of the molecule is CC(=O)c1cc(C)c(-n2cc3c(=O)[nH]c([C@H]4C[C@@H]4F)nc3n2)c(C)c1. The average molecular weight is 340 g/mol. The number of aromatic nitrogens is 4. The first-order valence-corrected chi connectivity index (χ1v) is 8.11. The van der Waals surface area contributed by atoms with Gasteiger partial charge in [0, 0.05) is 11.8 Å². The van der Waals surface area contributed by atoms with E-state index in [0.717, 1.165) is 16.8 Å². The van der Waals surface area contributed by atoms with E-state index in [2.05, 4.69) is 15.1 Å². The molecule has 1 aliphatic carbocycles. The molecule has 0 radical (unpaired) electrons. The summed E-state index contributed by atoms with van der Waals surface area (Å²) in [5.74, 6) is 0.0209. The second kappa shape index (κ2) is 5.34. The van der Waals surface area contributed by atoms with Crippen molar-refractivity contribution in [2.45, 2.75) is 39.3 Å². The number of alkyl halides is 1.